The van der Waals surface area contributed by atoms with Crippen LogP contribution < -0.4 is 5.73 Å². The zero-order valence-corrected chi connectivity index (χ0v) is 12.2. The average Bonchev–Trinajstić information content (AvgIpc) is 2.70. The standard InChI is InChI=1S/C13H23NS2/c1-4-6-8-15-13(11(14)5-2)12-10(3)7-9-16-12/h7,9,11,13H,4-6,8,14H2,1-3H3. The molecular formula is C13H23NS2. The molecule has 0 fully saturated rings. The lowest BCUT2D eigenvalue weighted by molar-refractivity contribution is 0.637. The Morgan fingerprint density at radius 2 is 2.19 bits per heavy atom. The summed E-state index contributed by atoms with van der Waals surface area (Å²) in [6, 6.07) is 2.50. The summed E-state index contributed by atoms with van der Waals surface area (Å²) < 4.78 is 0. The second-order valence-electron chi connectivity index (χ2n) is 4.18. The van der Waals surface area contributed by atoms with Crippen LogP contribution in [0, 0.1) is 6.92 Å². The first-order valence-electron chi connectivity index (χ1n) is 6.11. The summed E-state index contributed by atoms with van der Waals surface area (Å²) in [5.41, 5.74) is 7.65. The number of hydrogen-bond donors (Lipinski definition) is 1. The van der Waals surface area contributed by atoms with Gasteiger partial charge in [0.25, 0.3) is 0 Å². The van der Waals surface area contributed by atoms with Crippen LogP contribution in [-0.4, -0.2) is 11.8 Å². The Morgan fingerprint density at radius 3 is 2.69 bits per heavy atom. The highest BCUT2D eigenvalue weighted by Gasteiger charge is 2.21. The normalized spacial score (nSPS) is 15.0. The van der Waals surface area contributed by atoms with E-state index in [2.05, 4.69) is 32.2 Å². The van der Waals surface area contributed by atoms with Crippen molar-refractivity contribution in [1.29, 1.82) is 0 Å². The molecule has 1 heterocycles. The lowest BCUT2D eigenvalue weighted by Crippen LogP contribution is -2.25. The minimum absolute atomic E-state index is 0.291. The van der Waals surface area contributed by atoms with Crippen LogP contribution in [0.15, 0.2) is 11.4 Å². The van der Waals surface area contributed by atoms with Crippen molar-refractivity contribution in [3.05, 3.63) is 21.9 Å². The van der Waals surface area contributed by atoms with Crippen LogP contribution in [0.2, 0.25) is 0 Å². The molecule has 0 aliphatic carbocycles. The highest BCUT2D eigenvalue weighted by Crippen LogP contribution is 2.37. The Labute approximate surface area is 108 Å². The highest BCUT2D eigenvalue weighted by atomic mass is 32.2. The first-order chi connectivity index (χ1) is 7.70. The third-order valence-electron chi connectivity index (χ3n) is 2.82. The van der Waals surface area contributed by atoms with Crippen LogP contribution in [0.3, 0.4) is 0 Å². The molecule has 0 amide bonds. The predicted molar refractivity (Wildman–Crippen MR) is 77.4 cm³/mol. The molecule has 0 aliphatic rings. The summed E-state index contributed by atoms with van der Waals surface area (Å²) in [5, 5.41) is 2.68. The monoisotopic (exact) mass is 257 g/mol. The number of aryl methyl sites for hydroxylation is 1. The number of thiophene rings is 1. The Bertz CT molecular complexity index is 296. The topological polar surface area (TPSA) is 26.0 Å². The second kappa shape index (κ2) is 7.36. The maximum atomic E-state index is 6.25. The molecule has 2 unspecified atom stereocenters. The summed E-state index contributed by atoms with van der Waals surface area (Å²) in [7, 11) is 0. The van der Waals surface area contributed by atoms with Crippen LogP contribution in [0.25, 0.3) is 0 Å². The van der Waals surface area contributed by atoms with Gasteiger partial charge >= 0.3 is 0 Å². The summed E-state index contributed by atoms with van der Waals surface area (Å²) in [6.07, 6.45) is 3.62. The summed E-state index contributed by atoms with van der Waals surface area (Å²) in [6.45, 7) is 6.62. The van der Waals surface area contributed by atoms with Gasteiger partial charge < -0.3 is 5.73 Å². The van der Waals surface area contributed by atoms with Gasteiger partial charge in [0.2, 0.25) is 0 Å². The fourth-order valence-electron chi connectivity index (χ4n) is 1.64. The van der Waals surface area contributed by atoms with Gasteiger partial charge in [-0.25, -0.2) is 0 Å². The molecule has 2 atom stereocenters. The lowest BCUT2D eigenvalue weighted by atomic mass is 10.1. The van der Waals surface area contributed by atoms with Gasteiger partial charge in [-0.1, -0.05) is 20.3 Å². The Hall–Kier alpha value is 0.01000. The fraction of sp³-hybridized carbons (Fsp3) is 0.692. The predicted octanol–water partition coefficient (Wildman–Crippen LogP) is 4.37. The number of unbranched alkanes of at least 4 members (excludes halogenated alkanes) is 1. The highest BCUT2D eigenvalue weighted by molar-refractivity contribution is 7.99. The SMILES string of the molecule is CCCCSC(c1sccc1C)C(N)CC. The van der Waals surface area contributed by atoms with E-state index in [1.165, 1.54) is 29.0 Å². The van der Waals surface area contributed by atoms with Gasteiger partial charge in [-0.3, -0.25) is 0 Å². The van der Waals surface area contributed by atoms with Gasteiger partial charge in [-0.05, 0) is 42.5 Å². The van der Waals surface area contributed by atoms with Crippen LogP contribution in [0.1, 0.15) is 48.8 Å². The molecule has 0 spiro atoms. The summed E-state index contributed by atoms with van der Waals surface area (Å²) >= 11 is 3.89. The molecule has 0 saturated heterocycles. The first-order valence-corrected chi connectivity index (χ1v) is 8.04. The maximum absolute atomic E-state index is 6.25. The summed E-state index contributed by atoms with van der Waals surface area (Å²) in [4.78, 5) is 1.48. The summed E-state index contributed by atoms with van der Waals surface area (Å²) in [5.74, 6) is 1.23. The maximum Gasteiger partial charge on any atom is 0.0544 e. The molecule has 2 N–H and O–H groups in total. The first kappa shape index (κ1) is 14.1. The number of hydrogen-bond acceptors (Lipinski definition) is 3. The molecule has 0 radical (unpaired) electrons. The van der Waals surface area contributed by atoms with E-state index >= 15 is 0 Å². The Morgan fingerprint density at radius 1 is 1.44 bits per heavy atom. The van der Waals surface area contributed by atoms with E-state index in [-0.39, 0.29) is 0 Å². The van der Waals surface area contributed by atoms with E-state index in [1.807, 2.05) is 23.1 Å². The molecule has 1 nitrogen and oxygen atoms in total. The van der Waals surface area contributed by atoms with Crippen LogP contribution in [0.4, 0.5) is 0 Å². The number of rotatable bonds is 7. The molecule has 0 aliphatic heterocycles. The van der Waals surface area contributed by atoms with Crippen molar-refractivity contribution in [2.45, 2.75) is 51.3 Å². The largest absolute Gasteiger partial charge is 0.326 e. The number of nitrogens with two attached hydrogens (primary N) is 1. The van der Waals surface area contributed by atoms with E-state index in [0.717, 1.165) is 6.42 Å². The third kappa shape index (κ3) is 3.79. The molecule has 1 aromatic heterocycles. The van der Waals surface area contributed by atoms with Crippen molar-refractivity contribution in [1.82, 2.24) is 0 Å². The quantitative estimate of drug-likeness (QED) is 0.734. The second-order valence-corrected chi connectivity index (χ2v) is 6.38. The van der Waals surface area contributed by atoms with Crippen molar-refractivity contribution >= 4 is 23.1 Å². The van der Waals surface area contributed by atoms with Gasteiger partial charge in [0.05, 0.1) is 5.25 Å². The van der Waals surface area contributed by atoms with Crippen molar-refractivity contribution in [2.24, 2.45) is 5.73 Å². The fourth-order valence-corrected chi connectivity index (χ4v) is 4.48. The molecule has 0 bridgehead atoms. The van der Waals surface area contributed by atoms with Crippen molar-refractivity contribution < 1.29 is 0 Å². The van der Waals surface area contributed by atoms with Crippen molar-refractivity contribution in [3.8, 4) is 0 Å². The molecule has 1 rings (SSSR count). The smallest absolute Gasteiger partial charge is 0.0544 e. The van der Waals surface area contributed by atoms with Gasteiger partial charge in [0.1, 0.15) is 0 Å². The van der Waals surface area contributed by atoms with Gasteiger partial charge in [-0.15, -0.1) is 11.3 Å². The van der Waals surface area contributed by atoms with Crippen LogP contribution >= 0.6 is 23.1 Å². The Kier molecular flexibility index (Phi) is 6.47. The number of thioether (sulfide) groups is 1. The van der Waals surface area contributed by atoms with E-state index in [1.54, 1.807) is 0 Å². The molecular weight excluding hydrogens is 234 g/mol. The molecule has 3 heteroatoms. The third-order valence-corrected chi connectivity index (χ3v) is 5.54. The minimum atomic E-state index is 0.291. The molecule has 0 saturated carbocycles. The van der Waals surface area contributed by atoms with Crippen molar-refractivity contribution in [3.63, 3.8) is 0 Å². The molecule has 16 heavy (non-hydrogen) atoms. The average molecular weight is 257 g/mol. The zero-order valence-electron chi connectivity index (χ0n) is 10.5. The van der Waals surface area contributed by atoms with Crippen molar-refractivity contribution in [2.75, 3.05) is 5.75 Å². The molecule has 92 valence electrons. The molecule has 1 aromatic rings. The van der Waals surface area contributed by atoms with Gasteiger partial charge in [0, 0.05) is 10.9 Å². The minimum Gasteiger partial charge on any atom is -0.326 e. The lowest BCUT2D eigenvalue weighted by Gasteiger charge is -2.22. The van der Waals surface area contributed by atoms with Gasteiger partial charge in [-0.2, -0.15) is 11.8 Å². The zero-order chi connectivity index (χ0) is 12.0. The van der Waals surface area contributed by atoms with E-state index in [9.17, 15) is 0 Å². The molecule has 0 aromatic carbocycles. The van der Waals surface area contributed by atoms with Gasteiger partial charge in [0.15, 0.2) is 0 Å². The van der Waals surface area contributed by atoms with E-state index in [4.69, 9.17) is 5.73 Å². The van der Waals surface area contributed by atoms with E-state index in [0.29, 0.717) is 11.3 Å². The van der Waals surface area contributed by atoms with Crippen LogP contribution in [-0.2, 0) is 0 Å². The Balaban J connectivity index is 2.68. The van der Waals surface area contributed by atoms with Crippen LogP contribution in [0.5, 0.6) is 0 Å². The van der Waals surface area contributed by atoms with E-state index < -0.39 is 0 Å².